The number of rotatable bonds is 4. The van der Waals surface area contributed by atoms with E-state index in [2.05, 4.69) is 5.10 Å². The summed E-state index contributed by atoms with van der Waals surface area (Å²) in [5.41, 5.74) is 3.96. The lowest BCUT2D eigenvalue weighted by atomic mass is 10.1. The lowest BCUT2D eigenvalue weighted by molar-refractivity contribution is 0.626. The van der Waals surface area contributed by atoms with Gasteiger partial charge < -0.3 is 0 Å². The Balaban J connectivity index is 1.73. The summed E-state index contributed by atoms with van der Waals surface area (Å²) in [4.78, 5) is 26.5. The van der Waals surface area contributed by atoms with Gasteiger partial charge in [0.2, 0.25) is 5.78 Å². The molecule has 31 heavy (non-hydrogen) atoms. The second-order valence-corrected chi connectivity index (χ2v) is 8.57. The zero-order valence-corrected chi connectivity index (χ0v) is 17.8. The van der Waals surface area contributed by atoms with Crippen molar-refractivity contribution in [1.29, 1.82) is 0 Å². The molecule has 3 aromatic heterocycles. The van der Waals surface area contributed by atoms with Gasteiger partial charge in [0, 0.05) is 0 Å². The molecule has 156 valence electrons. The fourth-order valence-corrected chi connectivity index (χ4v) is 4.61. The molecule has 3 heterocycles. The highest BCUT2D eigenvalue weighted by Gasteiger charge is 2.19. The summed E-state index contributed by atoms with van der Waals surface area (Å²) in [6, 6.07) is 13.8. The Hall–Kier alpha value is -3.52. The van der Waals surface area contributed by atoms with E-state index < -0.39 is 0 Å². The molecule has 8 heteroatoms. The van der Waals surface area contributed by atoms with Gasteiger partial charge in [-0.2, -0.15) is 0 Å². The van der Waals surface area contributed by atoms with Crippen molar-refractivity contribution < 1.29 is 4.39 Å². The fourth-order valence-electron chi connectivity index (χ4n) is 3.78. The van der Waals surface area contributed by atoms with Crippen molar-refractivity contribution in [3.63, 3.8) is 0 Å². The van der Waals surface area contributed by atoms with Gasteiger partial charge in [0.25, 0.3) is 5.56 Å². The van der Waals surface area contributed by atoms with E-state index in [1.165, 1.54) is 37.1 Å². The molecule has 0 amide bonds. The number of aromatic nitrogens is 4. The normalized spacial score (nSPS) is 11.6. The molecule has 0 aliphatic rings. The predicted molar refractivity (Wildman–Crippen MR) is 120 cm³/mol. The Morgan fingerprint density at radius 1 is 1.00 bits per heavy atom. The Morgan fingerprint density at radius 3 is 2.55 bits per heavy atom. The van der Waals surface area contributed by atoms with Crippen molar-refractivity contribution in [3.8, 4) is 0 Å². The number of fused-ring (bicyclic) bond motifs is 3. The number of hydrogen-bond acceptors (Lipinski definition) is 4. The standard InChI is InChI=1S/C23H19FN4O2S/c1-14-3-4-15(2)17(11-14)13-27-23(30)28-19-9-10-31-20(19)21(29)26(22(28)25-27)12-16-5-7-18(24)8-6-16/h3-11H,12-13H2,1-2H3. The third-order valence-electron chi connectivity index (χ3n) is 5.47. The first-order chi connectivity index (χ1) is 14.9. The number of thiophene rings is 1. The lowest BCUT2D eigenvalue weighted by Gasteiger charge is -2.08. The summed E-state index contributed by atoms with van der Waals surface area (Å²) in [7, 11) is 0. The lowest BCUT2D eigenvalue weighted by Crippen LogP contribution is -2.26. The minimum absolute atomic E-state index is 0.191. The van der Waals surface area contributed by atoms with Gasteiger partial charge >= 0.3 is 5.69 Å². The number of aryl methyl sites for hydroxylation is 2. The summed E-state index contributed by atoms with van der Waals surface area (Å²) in [5.74, 6) is -0.0699. The maximum atomic E-state index is 13.3. The largest absolute Gasteiger partial charge is 0.352 e. The number of benzene rings is 2. The highest BCUT2D eigenvalue weighted by atomic mass is 32.1. The monoisotopic (exact) mass is 434 g/mol. The molecule has 0 bridgehead atoms. The van der Waals surface area contributed by atoms with E-state index in [1.54, 1.807) is 23.6 Å². The first-order valence-corrected chi connectivity index (χ1v) is 10.7. The second kappa shape index (κ2) is 7.31. The molecule has 0 atom stereocenters. The van der Waals surface area contributed by atoms with E-state index in [0.29, 0.717) is 16.8 Å². The molecular formula is C23H19FN4O2S. The molecule has 5 rings (SSSR count). The van der Waals surface area contributed by atoms with Gasteiger partial charge in [-0.3, -0.25) is 9.36 Å². The summed E-state index contributed by atoms with van der Waals surface area (Å²) >= 11 is 1.29. The Labute approximate surface area is 180 Å². The van der Waals surface area contributed by atoms with Crippen LogP contribution in [0.2, 0.25) is 0 Å². The van der Waals surface area contributed by atoms with Crippen LogP contribution in [0.4, 0.5) is 4.39 Å². The second-order valence-electron chi connectivity index (χ2n) is 7.66. The van der Waals surface area contributed by atoms with E-state index >= 15 is 0 Å². The molecule has 0 N–H and O–H groups in total. The zero-order chi connectivity index (χ0) is 21.7. The highest BCUT2D eigenvalue weighted by molar-refractivity contribution is 7.17. The Kier molecular flexibility index (Phi) is 4.59. The van der Waals surface area contributed by atoms with Gasteiger partial charge in [-0.1, -0.05) is 35.9 Å². The molecule has 0 aliphatic carbocycles. The van der Waals surface area contributed by atoms with Crippen molar-refractivity contribution in [2.24, 2.45) is 0 Å². The van der Waals surface area contributed by atoms with Gasteiger partial charge in [0.1, 0.15) is 10.5 Å². The zero-order valence-electron chi connectivity index (χ0n) is 17.0. The van der Waals surface area contributed by atoms with Crippen LogP contribution in [0.1, 0.15) is 22.3 Å². The van der Waals surface area contributed by atoms with Crippen LogP contribution in [0.25, 0.3) is 16.0 Å². The summed E-state index contributed by atoms with van der Waals surface area (Å²) in [5, 5.41) is 6.34. The maximum Gasteiger partial charge on any atom is 0.352 e. The molecule has 0 saturated carbocycles. The minimum atomic E-state index is -0.344. The first kappa shape index (κ1) is 19.4. The minimum Gasteiger partial charge on any atom is -0.271 e. The first-order valence-electron chi connectivity index (χ1n) is 9.82. The van der Waals surface area contributed by atoms with Crippen LogP contribution in [0.15, 0.2) is 63.5 Å². The number of halogens is 1. The maximum absolute atomic E-state index is 13.3. The predicted octanol–water partition coefficient (Wildman–Crippen LogP) is 3.72. The molecule has 6 nitrogen and oxygen atoms in total. The van der Waals surface area contributed by atoms with E-state index in [1.807, 2.05) is 32.0 Å². The van der Waals surface area contributed by atoms with Gasteiger partial charge in [-0.15, -0.1) is 16.4 Å². The van der Waals surface area contributed by atoms with Crippen LogP contribution in [-0.2, 0) is 13.1 Å². The molecular weight excluding hydrogens is 415 g/mol. The van der Waals surface area contributed by atoms with E-state index in [0.717, 1.165) is 22.3 Å². The third-order valence-corrected chi connectivity index (χ3v) is 6.36. The number of nitrogens with zero attached hydrogens (tertiary/aromatic N) is 4. The van der Waals surface area contributed by atoms with Crippen molar-refractivity contribution in [2.75, 3.05) is 0 Å². The van der Waals surface area contributed by atoms with E-state index in [9.17, 15) is 14.0 Å². The smallest absolute Gasteiger partial charge is 0.271 e. The van der Waals surface area contributed by atoms with Crippen LogP contribution in [-0.4, -0.2) is 18.7 Å². The van der Waals surface area contributed by atoms with Gasteiger partial charge in [-0.25, -0.2) is 18.3 Å². The fraction of sp³-hybridized carbons (Fsp3) is 0.174. The average molecular weight is 434 g/mol. The topological polar surface area (TPSA) is 61.3 Å². The summed E-state index contributed by atoms with van der Waals surface area (Å²) in [6.45, 7) is 4.50. The summed E-state index contributed by atoms with van der Waals surface area (Å²) < 4.78 is 18.2. The molecule has 2 aromatic carbocycles. The van der Waals surface area contributed by atoms with Crippen LogP contribution in [0.3, 0.4) is 0 Å². The highest BCUT2D eigenvalue weighted by Crippen LogP contribution is 2.19. The summed E-state index contributed by atoms with van der Waals surface area (Å²) in [6.07, 6.45) is 0. The average Bonchev–Trinajstić information content (AvgIpc) is 3.35. The van der Waals surface area contributed by atoms with Gasteiger partial charge in [0.05, 0.1) is 18.6 Å². The van der Waals surface area contributed by atoms with E-state index in [-0.39, 0.29) is 29.4 Å². The van der Waals surface area contributed by atoms with E-state index in [4.69, 9.17) is 0 Å². The van der Waals surface area contributed by atoms with Crippen molar-refractivity contribution >= 4 is 27.3 Å². The van der Waals surface area contributed by atoms with Crippen LogP contribution in [0.5, 0.6) is 0 Å². The Bertz CT molecular complexity index is 1560. The van der Waals surface area contributed by atoms with Crippen molar-refractivity contribution in [1.82, 2.24) is 18.7 Å². The third kappa shape index (κ3) is 3.29. The Morgan fingerprint density at radius 2 is 1.77 bits per heavy atom. The van der Waals surface area contributed by atoms with Gasteiger partial charge in [0.15, 0.2) is 0 Å². The molecule has 0 radical (unpaired) electrons. The quantitative estimate of drug-likeness (QED) is 0.433. The molecule has 0 unspecified atom stereocenters. The number of hydrogen-bond donors (Lipinski definition) is 0. The SMILES string of the molecule is Cc1ccc(C)c(Cn2nc3n(Cc4ccc(F)cc4)c(=O)c4sccc4n3c2=O)c1. The van der Waals surface area contributed by atoms with Crippen LogP contribution >= 0.6 is 11.3 Å². The van der Waals surface area contributed by atoms with Crippen LogP contribution < -0.4 is 11.2 Å². The van der Waals surface area contributed by atoms with Crippen molar-refractivity contribution in [2.45, 2.75) is 26.9 Å². The molecule has 5 aromatic rings. The van der Waals surface area contributed by atoms with Crippen LogP contribution in [0, 0.1) is 19.7 Å². The molecule has 0 fully saturated rings. The van der Waals surface area contributed by atoms with Crippen molar-refractivity contribution in [3.05, 3.63) is 103 Å². The molecule has 0 aliphatic heterocycles. The van der Waals surface area contributed by atoms with Gasteiger partial charge in [-0.05, 0) is 54.1 Å². The molecule has 0 saturated heterocycles. The molecule has 0 spiro atoms.